The summed E-state index contributed by atoms with van der Waals surface area (Å²) in [5.74, 6) is 0.700. The van der Waals surface area contributed by atoms with Crippen LogP contribution in [-0.2, 0) is 11.3 Å². The van der Waals surface area contributed by atoms with Gasteiger partial charge in [0.25, 0.3) is 5.91 Å². The maximum Gasteiger partial charge on any atom is 0.266 e. The Hall–Kier alpha value is -3.68. The van der Waals surface area contributed by atoms with Gasteiger partial charge in [0, 0.05) is 17.3 Å². The van der Waals surface area contributed by atoms with E-state index in [0.29, 0.717) is 15.8 Å². The van der Waals surface area contributed by atoms with Gasteiger partial charge in [-0.15, -0.1) is 0 Å². The number of nitrogens with zero attached hydrogens (tertiary/aromatic N) is 3. The van der Waals surface area contributed by atoms with E-state index >= 15 is 0 Å². The predicted molar refractivity (Wildman–Crippen MR) is 145 cm³/mol. The third kappa shape index (κ3) is 4.78. The van der Waals surface area contributed by atoms with Gasteiger partial charge in [-0.25, -0.2) is 4.68 Å². The van der Waals surface area contributed by atoms with E-state index < -0.39 is 0 Å². The van der Waals surface area contributed by atoms with Crippen molar-refractivity contribution < 1.29 is 9.53 Å². The van der Waals surface area contributed by atoms with Gasteiger partial charge >= 0.3 is 0 Å². The van der Waals surface area contributed by atoms with E-state index in [2.05, 4.69) is 0 Å². The molecule has 1 saturated heterocycles. The number of thioether (sulfide) groups is 1. The summed E-state index contributed by atoms with van der Waals surface area (Å²) in [7, 11) is 1.65. The van der Waals surface area contributed by atoms with Gasteiger partial charge in [0.2, 0.25) is 0 Å². The van der Waals surface area contributed by atoms with Crippen molar-refractivity contribution in [2.75, 3.05) is 7.11 Å². The molecule has 5 rings (SSSR count). The zero-order chi connectivity index (χ0) is 24.4. The van der Waals surface area contributed by atoms with Crippen molar-refractivity contribution in [1.29, 1.82) is 0 Å². The Labute approximate surface area is 214 Å². The lowest BCUT2D eigenvalue weighted by Crippen LogP contribution is -2.27. The molecule has 0 atom stereocenters. The summed E-state index contributed by atoms with van der Waals surface area (Å²) in [6, 6.07) is 25.7. The van der Waals surface area contributed by atoms with Crippen molar-refractivity contribution >= 4 is 40.3 Å². The zero-order valence-electron chi connectivity index (χ0n) is 19.3. The smallest absolute Gasteiger partial charge is 0.266 e. The Kier molecular flexibility index (Phi) is 6.53. The normalized spacial score (nSPS) is 14.7. The average Bonchev–Trinajstić information content (AvgIpc) is 3.41. The number of carbonyl (C=O) groups excluding carboxylic acids is 1. The third-order valence-electron chi connectivity index (χ3n) is 5.80. The molecule has 0 bridgehead atoms. The molecule has 1 amide bonds. The molecule has 35 heavy (non-hydrogen) atoms. The van der Waals surface area contributed by atoms with Gasteiger partial charge in [-0.3, -0.25) is 9.69 Å². The van der Waals surface area contributed by atoms with Crippen LogP contribution in [0.1, 0.15) is 16.7 Å². The quantitative estimate of drug-likeness (QED) is 0.233. The van der Waals surface area contributed by atoms with Crippen molar-refractivity contribution in [3.05, 3.63) is 107 Å². The van der Waals surface area contributed by atoms with Gasteiger partial charge in [0.15, 0.2) is 0 Å². The lowest BCUT2D eigenvalue weighted by molar-refractivity contribution is -0.122. The minimum Gasteiger partial charge on any atom is -0.497 e. The van der Waals surface area contributed by atoms with Gasteiger partial charge in [-0.2, -0.15) is 5.10 Å². The highest BCUT2D eigenvalue weighted by Gasteiger charge is 2.32. The van der Waals surface area contributed by atoms with Crippen LogP contribution in [-0.4, -0.2) is 32.0 Å². The minimum absolute atomic E-state index is 0.0892. The summed E-state index contributed by atoms with van der Waals surface area (Å²) in [5.41, 5.74) is 5.64. The first-order chi connectivity index (χ1) is 17.0. The van der Waals surface area contributed by atoms with Crippen molar-refractivity contribution in [3.8, 4) is 22.7 Å². The van der Waals surface area contributed by atoms with Crippen molar-refractivity contribution in [2.24, 2.45) is 0 Å². The number of aryl methyl sites for hydroxylation is 1. The number of para-hydroxylation sites is 1. The van der Waals surface area contributed by atoms with E-state index in [4.69, 9.17) is 22.1 Å². The number of methoxy groups -OCH3 is 1. The maximum atomic E-state index is 13.3. The fourth-order valence-corrected chi connectivity index (χ4v) is 5.23. The Morgan fingerprint density at radius 1 is 1.03 bits per heavy atom. The van der Waals surface area contributed by atoms with Gasteiger partial charge in [-0.05, 0) is 54.5 Å². The number of aromatic nitrogens is 2. The average molecular weight is 498 g/mol. The second-order valence-electron chi connectivity index (χ2n) is 8.15. The molecular weight excluding hydrogens is 474 g/mol. The number of ether oxygens (including phenoxy) is 1. The molecule has 4 aromatic rings. The van der Waals surface area contributed by atoms with E-state index in [1.807, 2.05) is 103 Å². The summed E-state index contributed by atoms with van der Waals surface area (Å²) < 4.78 is 7.78. The lowest BCUT2D eigenvalue weighted by atomic mass is 10.0. The Morgan fingerprint density at radius 2 is 1.74 bits per heavy atom. The first-order valence-electron chi connectivity index (χ1n) is 11.1. The summed E-state index contributed by atoms with van der Waals surface area (Å²) in [6.45, 7) is 2.49. The molecular formula is C28H23N3O2S2. The van der Waals surface area contributed by atoms with Crippen LogP contribution < -0.4 is 4.74 Å². The van der Waals surface area contributed by atoms with Crippen LogP contribution in [0.3, 0.4) is 0 Å². The molecule has 2 heterocycles. The highest BCUT2D eigenvalue weighted by molar-refractivity contribution is 8.26. The molecule has 0 aliphatic carbocycles. The second kappa shape index (κ2) is 9.90. The van der Waals surface area contributed by atoms with Crippen LogP contribution in [0.15, 0.2) is 90.0 Å². The first-order valence-corrected chi connectivity index (χ1v) is 12.4. The first kappa shape index (κ1) is 23.1. The maximum absolute atomic E-state index is 13.3. The molecule has 0 spiro atoms. The van der Waals surface area contributed by atoms with Crippen LogP contribution in [0.25, 0.3) is 23.0 Å². The van der Waals surface area contributed by atoms with Gasteiger partial charge < -0.3 is 4.74 Å². The van der Waals surface area contributed by atoms with Crippen LogP contribution in [0.2, 0.25) is 0 Å². The monoisotopic (exact) mass is 497 g/mol. The largest absolute Gasteiger partial charge is 0.497 e. The van der Waals surface area contributed by atoms with E-state index in [1.54, 1.807) is 12.0 Å². The number of hydrogen-bond acceptors (Lipinski definition) is 5. The number of thiocarbonyl (C=S) groups is 1. The summed E-state index contributed by atoms with van der Waals surface area (Å²) >= 11 is 6.89. The number of rotatable bonds is 6. The minimum atomic E-state index is -0.0892. The number of benzene rings is 3. The Bertz CT molecular complexity index is 1430. The molecule has 0 N–H and O–H groups in total. The summed E-state index contributed by atoms with van der Waals surface area (Å²) in [5, 5.41) is 4.90. The molecule has 1 fully saturated rings. The van der Waals surface area contributed by atoms with E-state index in [9.17, 15) is 4.79 Å². The highest BCUT2D eigenvalue weighted by Crippen LogP contribution is 2.36. The van der Waals surface area contributed by atoms with Crippen LogP contribution in [0, 0.1) is 6.92 Å². The Balaban J connectivity index is 1.55. The number of carbonyl (C=O) groups is 1. The molecule has 1 aliphatic heterocycles. The van der Waals surface area contributed by atoms with E-state index in [1.165, 1.54) is 11.8 Å². The summed E-state index contributed by atoms with van der Waals surface area (Å²) in [6.07, 6.45) is 3.85. The predicted octanol–water partition coefficient (Wildman–Crippen LogP) is 6.26. The Morgan fingerprint density at radius 3 is 2.43 bits per heavy atom. The fraction of sp³-hybridized carbons (Fsp3) is 0.107. The standard InChI is InChI=1S/C28H23N3O2S2/c1-19-15-23(33-2)13-14-24(19)26-21(18-31(29-26)22-11-7-4-8-12-22)16-25-27(32)30(28(34)35-25)17-20-9-5-3-6-10-20/h3-16,18H,17H2,1-2H3/b25-16-. The summed E-state index contributed by atoms with van der Waals surface area (Å²) in [4.78, 5) is 15.5. The molecule has 1 aromatic heterocycles. The lowest BCUT2D eigenvalue weighted by Gasteiger charge is -2.14. The molecule has 0 unspecified atom stereocenters. The van der Waals surface area contributed by atoms with Crippen molar-refractivity contribution in [1.82, 2.24) is 14.7 Å². The zero-order valence-corrected chi connectivity index (χ0v) is 21.0. The highest BCUT2D eigenvalue weighted by atomic mass is 32.2. The van der Waals surface area contributed by atoms with Crippen molar-refractivity contribution in [2.45, 2.75) is 13.5 Å². The topological polar surface area (TPSA) is 47.4 Å². The number of hydrogen-bond donors (Lipinski definition) is 0. The van der Waals surface area contributed by atoms with Crippen molar-refractivity contribution in [3.63, 3.8) is 0 Å². The van der Waals surface area contributed by atoms with Crippen LogP contribution >= 0.6 is 24.0 Å². The molecule has 1 aliphatic rings. The fourth-order valence-electron chi connectivity index (χ4n) is 3.99. The number of amides is 1. The molecule has 0 radical (unpaired) electrons. The molecule has 3 aromatic carbocycles. The van der Waals surface area contributed by atoms with Crippen LogP contribution in [0.5, 0.6) is 5.75 Å². The second-order valence-corrected chi connectivity index (χ2v) is 9.82. The molecule has 5 nitrogen and oxygen atoms in total. The molecule has 7 heteroatoms. The van der Waals surface area contributed by atoms with Gasteiger partial charge in [-0.1, -0.05) is 72.5 Å². The van der Waals surface area contributed by atoms with Gasteiger partial charge in [0.05, 0.1) is 24.2 Å². The molecule has 0 saturated carbocycles. The third-order valence-corrected chi connectivity index (χ3v) is 7.17. The van der Waals surface area contributed by atoms with Crippen LogP contribution in [0.4, 0.5) is 0 Å². The SMILES string of the molecule is COc1ccc(-c2nn(-c3ccccc3)cc2/C=C2\SC(=S)N(Cc3ccccc3)C2=O)c(C)c1. The van der Waals surface area contributed by atoms with Gasteiger partial charge in [0.1, 0.15) is 15.8 Å². The molecule has 174 valence electrons. The van der Waals surface area contributed by atoms with E-state index in [-0.39, 0.29) is 5.91 Å². The van der Waals surface area contributed by atoms with E-state index in [0.717, 1.165) is 39.4 Å².